The van der Waals surface area contributed by atoms with Gasteiger partial charge in [0.25, 0.3) is 11.8 Å². The van der Waals surface area contributed by atoms with E-state index in [1.54, 1.807) is 12.1 Å². The molecule has 1 aliphatic carbocycles. The van der Waals surface area contributed by atoms with E-state index in [-0.39, 0.29) is 48.2 Å². The van der Waals surface area contributed by atoms with Crippen LogP contribution in [0.1, 0.15) is 52.8 Å². The molecule has 3 aromatic rings. The molecule has 17 heteroatoms. The van der Waals surface area contributed by atoms with Gasteiger partial charge in [0.05, 0.1) is 46.8 Å². The molecule has 0 radical (unpaired) electrons. The third kappa shape index (κ3) is 5.13. The van der Waals surface area contributed by atoms with E-state index >= 15 is 0 Å². The minimum Gasteiger partial charge on any atom is -0.496 e. The Labute approximate surface area is 261 Å². The molecule has 3 N–H and O–H groups in total. The van der Waals surface area contributed by atoms with Crippen LogP contribution in [0.3, 0.4) is 0 Å². The van der Waals surface area contributed by atoms with E-state index in [0.29, 0.717) is 34.9 Å². The number of ether oxygens (including phenoxy) is 4. The summed E-state index contributed by atoms with van der Waals surface area (Å²) in [5.41, 5.74) is -3.38. The molecule has 2 aromatic carbocycles. The summed E-state index contributed by atoms with van der Waals surface area (Å²) in [4.78, 5) is 34.1. The molecule has 5 aliphatic rings. The summed E-state index contributed by atoms with van der Waals surface area (Å²) in [6.45, 7) is 0.551. The van der Waals surface area contributed by atoms with Gasteiger partial charge in [-0.3, -0.25) is 9.59 Å². The molecule has 1 aromatic heterocycles. The Kier molecular flexibility index (Phi) is 7.02. The summed E-state index contributed by atoms with van der Waals surface area (Å²) in [7, 11) is 1.36. The van der Waals surface area contributed by atoms with Crippen LogP contribution < -0.4 is 29.7 Å². The normalized spacial score (nSPS) is 26.4. The molecule has 3 saturated heterocycles. The summed E-state index contributed by atoms with van der Waals surface area (Å²) in [5.74, 6) is -2.34. The summed E-state index contributed by atoms with van der Waals surface area (Å²) in [5, 5.41) is 15.9. The van der Waals surface area contributed by atoms with Gasteiger partial charge in [0.2, 0.25) is 0 Å². The molecule has 0 spiro atoms. The van der Waals surface area contributed by atoms with Crippen LogP contribution in [-0.4, -0.2) is 78.4 Å². The fraction of sp³-hybridized carbons (Fsp3) is 0.483. The molecule has 1 saturated carbocycles. The Morgan fingerprint density at radius 2 is 1.83 bits per heavy atom. The first kappa shape index (κ1) is 30.7. The summed E-state index contributed by atoms with van der Waals surface area (Å²) in [6, 6.07) is 5.21. The number of benzene rings is 2. The number of β-amino-alcohol motifs (C(OH)–C–C–N with tert-alkyl or cyclic N) is 1. The highest BCUT2D eigenvalue weighted by Gasteiger charge is 2.63. The van der Waals surface area contributed by atoms with Crippen LogP contribution in [0.15, 0.2) is 24.3 Å². The van der Waals surface area contributed by atoms with Gasteiger partial charge in [0, 0.05) is 19.2 Å². The lowest BCUT2D eigenvalue weighted by atomic mass is 9.70. The fourth-order valence-electron chi connectivity index (χ4n) is 6.40. The van der Waals surface area contributed by atoms with Gasteiger partial charge in [-0.25, -0.2) is 4.98 Å². The van der Waals surface area contributed by atoms with Gasteiger partial charge in [0.15, 0.2) is 22.2 Å². The molecule has 5 heterocycles. The van der Waals surface area contributed by atoms with Crippen LogP contribution in [0, 0.1) is 0 Å². The Morgan fingerprint density at radius 1 is 1.11 bits per heavy atom. The largest absolute Gasteiger partial charge is 0.586 e. The van der Waals surface area contributed by atoms with Crippen molar-refractivity contribution in [2.75, 3.05) is 37.0 Å². The Hall–Kier alpha value is -3.96. The quantitative estimate of drug-likeness (QED) is 0.316. The zero-order chi connectivity index (χ0) is 32.6. The lowest BCUT2D eigenvalue weighted by molar-refractivity contribution is -0.317. The smallest absolute Gasteiger partial charge is 0.496 e. The lowest BCUT2D eigenvalue weighted by Gasteiger charge is -2.53. The molecule has 46 heavy (non-hydrogen) atoms. The number of anilines is 2. The number of methoxy groups -OCH3 is 1. The van der Waals surface area contributed by atoms with Crippen LogP contribution >= 0.6 is 11.3 Å². The van der Waals surface area contributed by atoms with E-state index in [1.807, 2.05) is 4.90 Å². The minimum absolute atomic E-state index is 0.0243. The van der Waals surface area contributed by atoms with E-state index in [4.69, 9.17) is 9.47 Å². The number of halogens is 5. The molecule has 2 amide bonds. The molecule has 11 nitrogen and oxygen atoms in total. The van der Waals surface area contributed by atoms with Crippen molar-refractivity contribution in [2.24, 2.45) is 0 Å². The number of alkyl halides is 5. The van der Waals surface area contributed by atoms with Crippen LogP contribution in [0.25, 0.3) is 10.2 Å². The number of amides is 2. The van der Waals surface area contributed by atoms with Gasteiger partial charge in [-0.2, -0.15) is 13.2 Å². The SMILES string of the molecule is COc1ccc2nc(N3CC[C@H](O)C3)sc2c1C(=O)Nc1cc2c(cc1C(=O)NC13CCC(C(F)(F)F)(CC1)OC3)OC(F)(F)O2. The Morgan fingerprint density at radius 3 is 2.43 bits per heavy atom. The van der Waals surface area contributed by atoms with Crippen LogP contribution in [0.4, 0.5) is 32.8 Å². The molecule has 2 bridgehead atoms. The van der Waals surface area contributed by atoms with Crippen molar-refractivity contribution in [1.29, 1.82) is 0 Å². The second-order valence-electron chi connectivity index (χ2n) is 11.9. The van der Waals surface area contributed by atoms with Crippen LogP contribution in [-0.2, 0) is 4.74 Å². The van der Waals surface area contributed by atoms with Crippen molar-refractivity contribution in [3.63, 3.8) is 0 Å². The first-order valence-electron chi connectivity index (χ1n) is 14.4. The number of aromatic nitrogens is 1. The van der Waals surface area contributed by atoms with Crippen molar-refractivity contribution in [1.82, 2.24) is 10.3 Å². The number of carbonyl (C=O) groups excluding carboxylic acids is 2. The lowest BCUT2D eigenvalue weighted by Crippen LogP contribution is -2.66. The van der Waals surface area contributed by atoms with Gasteiger partial charge in [-0.15, -0.1) is 8.78 Å². The summed E-state index contributed by atoms with van der Waals surface area (Å²) in [6.07, 6.45) is -9.30. The highest BCUT2D eigenvalue weighted by molar-refractivity contribution is 7.22. The number of fused-ring (bicyclic) bond motifs is 5. The average molecular weight is 671 g/mol. The molecule has 8 rings (SSSR count). The van der Waals surface area contributed by atoms with Crippen LogP contribution in [0.5, 0.6) is 17.2 Å². The maximum absolute atomic E-state index is 14.0. The highest BCUT2D eigenvalue weighted by Crippen LogP contribution is 2.52. The van der Waals surface area contributed by atoms with Gasteiger partial charge >= 0.3 is 12.5 Å². The minimum atomic E-state index is -4.57. The number of aliphatic hydroxyl groups is 1. The fourth-order valence-corrected chi connectivity index (χ4v) is 7.54. The van der Waals surface area contributed by atoms with Gasteiger partial charge in [-0.1, -0.05) is 11.3 Å². The molecule has 4 aliphatic heterocycles. The summed E-state index contributed by atoms with van der Waals surface area (Å²) >= 11 is 1.20. The van der Waals surface area contributed by atoms with Crippen molar-refractivity contribution >= 4 is 44.2 Å². The maximum atomic E-state index is 14.0. The van der Waals surface area contributed by atoms with Gasteiger partial charge in [-0.05, 0) is 50.3 Å². The second-order valence-corrected chi connectivity index (χ2v) is 12.8. The Balaban J connectivity index is 1.21. The number of rotatable bonds is 6. The van der Waals surface area contributed by atoms with E-state index < -0.39 is 59.6 Å². The third-order valence-electron chi connectivity index (χ3n) is 8.96. The van der Waals surface area contributed by atoms with Crippen molar-refractivity contribution in [2.45, 2.75) is 61.8 Å². The topological polar surface area (TPSA) is 131 Å². The maximum Gasteiger partial charge on any atom is 0.586 e. The highest BCUT2D eigenvalue weighted by atomic mass is 32.1. The zero-order valence-corrected chi connectivity index (χ0v) is 24.9. The molecule has 1 atom stereocenters. The second kappa shape index (κ2) is 10.5. The van der Waals surface area contributed by atoms with E-state index in [2.05, 4.69) is 25.1 Å². The molecular weight excluding hydrogens is 643 g/mol. The van der Waals surface area contributed by atoms with E-state index in [1.165, 1.54) is 18.4 Å². The first-order valence-corrected chi connectivity index (χ1v) is 15.2. The van der Waals surface area contributed by atoms with Gasteiger partial charge < -0.3 is 39.6 Å². The molecule has 0 unspecified atom stereocenters. The van der Waals surface area contributed by atoms with Gasteiger partial charge in [0.1, 0.15) is 11.3 Å². The van der Waals surface area contributed by atoms with Crippen molar-refractivity contribution < 1.29 is 55.6 Å². The number of nitrogens with zero attached hydrogens (tertiary/aromatic N) is 2. The number of aliphatic hydroxyl groups excluding tert-OH is 1. The number of hydrogen-bond donors (Lipinski definition) is 3. The number of thiazole rings is 1. The number of carbonyl (C=O) groups is 2. The van der Waals surface area contributed by atoms with E-state index in [9.17, 15) is 36.6 Å². The molecule has 4 fully saturated rings. The standard InChI is InChI=1S/C29H27F5N4O7S/c1-42-18-3-2-16-22(46-25(36-16)38-9-4-14(39)12-38)21(18)24(41)35-17-11-20-19(44-29(33,34)45-20)10-15(17)23(40)37-26-5-7-27(8-6-26,43-13-26)28(30,31)32/h2-3,10-11,14,39H,4-9,12-13H2,1H3,(H,35,41)(H,37,40)/t14-,26?,27?/m0/s1. The predicted octanol–water partition coefficient (Wildman–Crippen LogP) is 4.82. The third-order valence-corrected chi connectivity index (χ3v) is 10.1. The average Bonchev–Trinajstić information content (AvgIpc) is 3.71. The Bertz CT molecular complexity index is 1720. The monoisotopic (exact) mass is 670 g/mol. The first-order chi connectivity index (χ1) is 21.7. The van der Waals surface area contributed by atoms with Crippen molar-refractivity contribution in [3.8, 4) is 17.2 Å². The summed E-state index contributed by atoms with van der Waals surface area (Å²) < 4.78 is 89.2. The molecule has 246 valence electrons. The zero-order valence-electron chi connectivity index (χ0n) is 24.1. The number of hydrogen-bond acceptors (Lipinski definition) is 10. The van der Waals surface area contributed by atoms with Crippen molar-refractivity contribution in [3.05, 3.63) is 35.4 Å². The number of nitrogens with one attached hydrogen (secondary N) is 2. The van der Waals surface area contributed by atoms with E-state index in [0.717, 1.165) is 12.1 Å². The molecular formula is C29H27F5N4O7S. The van der Waals surface area contributed by atoms with Crippen LogP contribution in [0.2, 0.25) is 0 Å². The predicted molar refractivity (Wildman–Crippen MR) is 153 cm³/mol.